The van der Waals surface area contributed by atoms with Crippen molar-refractivity contribution in [3.8, 4) is 0 Å². The minimum absolute atomic E-state index is 0.163. The maximum Gasteiger partial charge on any atom is 0.226 e. The molecule has 0 spiro atoms. The number of carbonyl (C=O) groups excluding carboxylic acids is 1. The van der Waals surface area contributed by atoms with Gasteiger partial charge in [-0.15, -0.1) is 0 Å². The van der Waals surface area contributed by atoms with Gasteiger partial charge in [-0.2, -0.15) is 0 Å². The molecule has 0 aromatic rings. The van der Waals surface area contributed by atoms with Crippen LogP contribution in [0.25, 0.3) is 0 Å². The lowest BCUT2D eigenvalue weighted by Crippen LogP contribution is -2.56. The number of ether oxygens (including phenoxy) is 1. The molecule has 0 aromatic carbocycles. The van der Waals surface area contributed by atoms with Crippen LogP contribution in [0, 0.1) is 5.41 Å². The van der Waals surface area contributed by atoms with Gasteiger partial charge in [0.15, 0.2) is 0 Å². The molecule has 1 atom stereocenters. The molecule has 2 rings (SSSR count). The van der Waals surface area contributed by atoms with Crippen LogP contribution in [0.3, 0.4) is 0 Å². The Labute approximate surface area is 103 Å². The van der Waals surface area contributed by atoms with Crippen LogP contribution in [0.15, 0.2) is 0 Å². The first kappa shape index (κ1) is 12.8. The fraction of sp³-hybridized carbons (Fsp3) is 0.923. The number of carbonyl (C=O) groups is 1. The third-order valence-corrected chi connectivity index (χ3v) is 4.11. The predicted molar refractivity (Wildman–Crippen MR) is 66.8 cm³/mol. The molecule has 0 aliphatic carbocycles. The number of piperidine rings is 1. The van der Waals surface area contributed by atoms with Crippen LogP contribution in [-0.4, -0.2) is 37.7 Å². The molecule has 2 saturated heterocycles. The molecule has 0 aromatic heterocycles. The van der Waals surface area contributed by atoms with E-state index in [0.717, 1.165) is 45.4 Å². The molecule has 2 N–H and O–H groups in total. The second-order valence-electron chi connectivity index (χ2n) is 5.98. The number of amides is 1. The number of nitrogens with one attached hydrogen (secondary N) is 2. The van der Waals surface area contributed by atoms with E-state index < -0.39 is 0 Å². The molecule has 98 valence electrons. The Hall–Kier alpha value is -0.610. The monoisotopic (exact) mass is 240 g/mol. The molecular weight excluding hydrogens is 216 g/mol. The standard InChI is InChI=1S/C13H24N2O2/c1-12(5-7-14-8-6-12)11(16)15-13(2)4-3-9-17-10-13/h14H,3-10H2,1-2H3,(H,15,16). The highest BCUT2D eigenvalue weighted by Crippen LogP contribution is 2.30. The summed E-state index contributed by atoms with van der Waals surface area (Å²) >= 11 is 0. The van der Waals surface area contributed by atoms with Gasteiger partial charge in [0.2, 0.25) is 5.91 Å². The lowest BCUT2D eigenvalue weighted by molar-refractivity contribution is -0.135. The van der Waals surface area contributed by atoms with E-state index in [2.05, 4.69) is 24.5 Å². The number of rotatable bonds is 2. The Morgan fingerprint density at radius 1 is 1.24 bits per heavy atom. The van der Waals surface area contributed by atoms with Crippen molar-refractivity contribution in [2.45, 2.75) is 45.1 Å². The summed E-state index contributed by atoms with van der Waals surface area (Å²) < 4.78 is 5.48. The van der Waals surface area contributed by atoms with Gasteiger partial charge >= 0.3 is 0 Å². The number of hydrogen-bond acceptors (Lipinski definition) is 3. The molecule has 2 aliphatic heterocycles. The molecule has 17 heavy (non-hydrogen) atoms. The summed E-state index contributed by atoms with van der Waals surface area (Å²) in [6, 6.07) is 0. The summed E-state index contributed by atoms with van der Waals surface area (Å²) in [6.45, 7) is 7.53. The minimum Gasteiger partial charge on any atom is -0.379 e. The van der Waals surface area contributed by atoms with E-state index in [1.54, 1.807) is 0 Å². The zero-order valence-corrected chi connectivity index (χ0v) is 11.0. The molecule has 4 nitrogen and oxygen atoms in total. The Morgan fingerprint density at radius 3 is 2.53 bits per heavy atom. The molecule has 1 amide bonds. The summed E-state index contributed by atoms with van der Waals surface area (Å²) in [5.41, 5.74) is -0.366. The van der Waals surface area contributed by atoms with Gasteiger partial charge < -0.3 is 15.4 Å². The van der Waals surface area contributed by atoms with Crippen molar-refractivity contribution >= 4 is 5.91 Å². The summed E-state index contributed by atoms with van der Waals surface area (Å²) in [5.74, 6) is 0.201. The molecule has 0 saturated carbocycles. The molecular formula is C13H24N2O2. The zero-order valence-electron chi connectivity index (χ0n) is 11.0. The summed E-state index contributed by atoms with van der Waals surface area (Å²) in [5, 5.41) is 6.52. The average Bonchev–Trinajstić information content (AvgIpc) is 2.30. The van der Waals surface area contributed by atoms with E-state index in [9.17, 15) is 4.79 Å². The third kappa shape index (κ3) is 2.99. The molecule has 2 fully saturated rings. The zero-order chi connectivity index (χ0) is 12.4. The molecule has 4 heteroatoms. The van der Waals surface area contributed by atoms with E-state index >= 15 is 0 Å². The van der Waals surface area contributed by atoms with E-state index in [0.29, 0.717) is 6.61 Å². The smallest absolute Gasteiger partial charge is 0.226 e. The normalized spacial score (nSPS) is 33.1. The Bertz CT molecular complexity index is 279. The van der Waals surface area contributed by atoms with E-state index in [4.69, 9.17) is 4.74 Å². The third-order valence-electron chi connectivity index (χ3n) is 4.11. The van der Waals surface area contributed by atoms with Crippen LogP contribution >= 0.6 is 0 Å². The van der Waals surface area contributed by atoms with Crippen LogP contribution in [-0.2, 0) is 9.53 Å². The maximum absolute atomic E-state index is 12.4. The van der Waals surface area contributed by atoms with Gasteiger partial charge in [-0.3, -0.25) is 4.79 Å². The Kier molecular flexibility index (Phi) is 3.73. The average molecular weight is 240 g/mol. The van der Waals surface area contributed by atoms with Gasteiger partial charge in [0.05, 0.1) is 12.1 Å². The van der Waals surface area contributed by atoms with Gasteiger partial charge in [-0.25, -0.2) is 0 Å². The van der Waals surface area contributed by atoms with Crippen LogP contribution in [0.2, 0.25) is 0 Å². The highest BCUT2D eigenvalue weighted by molar-refractivity contribution is 5.83. The lowest BCUT2D eigenvalue weighted by atomic mass is 9.79. The van der Waals surface area contributed by atoms with Gasteiger partial charge in [-0.1, -0.05) is 6.92 Å². The molecule has 2 heterocycles. The molecule has 2 aliphatic rings. The van der Waals surface area contributed by atoms with Gasteiger partial charge in [0.1, 0.15) is 0 Å². The van der Waals surface area contributed by atoms with Crippen molar-refractivity contribution in [2.75, 3.05) is 26.3 Å². The molecule has 0 bridgehead atoms. The van der Waals surface area contributed by atoms with Gasteiger partial charge in [-0.05, 0) is 45.7 Å². The van der Waals surface area contributed by atoms with E-state index in [1.807, 2.05) is 0 Å². The van der Waals surface area contributed by atoms with Crippen LogP contribution in [0.4, 0.5) is 0 Å². The Balaban J connectivity index is 1.95. The van der Waals surface area contributed by atoms with Crippen LogP contribution in [0.1, 0.15) is 39.5 Å². The van der Waals surface area contributed by atoms with Crippen molar-refractivity contribution in [3.05, 3.63) is 0 Å². The fourth-order valence-electron chi connectivity index (χ4n) is 2.66. The predicted octanol–water partition coefficient (Wildman–Crippen LogP) is 1.06. The lowest BCUT2D eigenvalue weighted by Gasteiger charge is -2.39. The van der Waals surface area contributed by atoms with Gasteiger partial charge in [0, 0.05) is 12.0 Å². The van der Waals surface area contributed by atoms with Crippen LogP contribution < -0.4 is 10.6 Å². The minimum atomic E-state index is -0.203. The summed E-state index contributed by atoms with van der Waals surface area (Å²) in [4.78, 5) is 12.4. The summed E-state index contributed by atoms with van der Waals surface area (Å²) in [6.07, 6.45) is 3.91. The van der Waals surface area contributed by atoms with E-state index in [-0.39, 0.29) is 16.9 Å². The quantitative estimate of drug-likeness (QED) is 0.759. The van der Waals surface area contributed by atoms with E-state index in [1.165, 1.54) is 0 Å². The van der Waals surface area contributed by atoms with Crippen molar-refractivity contribution in [1.29, 1.82) is 0 Å². The van der Waals surface area contributed by atoms with Gasteiger partial charge in [0.25, 0.3) is 0 Å². The van der Waals surface area contributed by atoms with Crippen molar-refractivity contribution in [1.82, 2.24) is 10.6 Å². The van der Waals surface area contributed by atoms with Crippen molar-refractivity contribution in [3.63, 3.8) is 0 Å². The SMILES string of the molecule is CC1(NC(=O)C2(C)CCNCC2)CCCOC1. The highest BCUT2D eigenvalue weighted by Gasteiger charge is 2.39. The first-order chi connectivity index (χ1) is 8.04. The highest BCUT2D eigenvalue weighted by atomic mass is 16.5. The largest absolute Gasteiger partial charge is 0.379 e. The first-order valence-electron chi connectivity index (χ1n) is 6.65. The molecule has 1 unspecified atom stereocenters. The second kappa shape index (κ2) is 4.94. The van der Waals surface area contributed by atoms with Crippen molar-refractivity contribution in [2.24, 2.45) is 5.41 Å². The van der Waals surface area contributed by atoms with Crippen LogP contribution in [0.5, 0.6) is 0 Å². The second-order valence-corrected chi connectivity index (χ2v) is 5.98. The Morgan fingerprint density at radius 2 is 1.94 bits per heavy atom. The first-order valence-corrected chi connectivity index (χ1v) is 6.65. The maximum atomic E-state index is 12.4. The summed E-state index contributed by atoms with van der Waals surface area (Å²) in [7, 11) is 0. The molecule has 0 radical (unpaired) electrons. The van der Waals surface area contributed by atoms with Crippen molar-refractivity contribution < 1.29 is 9.53 Å². The fourth-order valence-corrected chi connectivity index (χ4v) is 2.66. The number of hydrogen-bond donors (Lipinski definition) is 2. The topological polar surface area (TPSA) is 50.4 Å².